The molecule has 0 spiro atoms. The zero-order valence-electron chi connectivity index (χ0n) is 23.3. The van der Waals surface area contributed by atoms with Crippen molar-refractivity contribution >= 4 is 71.8 Å². The fourth-order valence-electron chi connectivity index (χ4n) is 7.46. The number of hydrogen-bond acceptors (Lipinski definition) is 2. The summed E-state index contributed by atoms with van der Waals surface area (Å²) in [7, 11) is 0. The molecule has 2 aliphatic rings. The lowest BCUT2D eigenvalue weighted by Gasteiger charge is -2.15. The number of benzene rings is 6. The molecular formula is C40H26N2S. The van der Waals surface area contributed by atoms with E-state index in [1.165, 1.54) is 80.5 Å². The first kappa shape index (κ1) is 23.4. The molecule has 1 N–H and O–H groups in total. The van der Waals surface area contributed by atoms with Crippen molar-refractivity contribution < 1.29 is 0 Å². The third-order valence-corrected chi connectivity index (χ3v) is 10.7. The minimum Gasteiger partial charge on any atom is -0.378 e. The lowest BCUT2D eigenvalue weighted by molar-refractivity contribution is 0.875. The van der Waals surface area contributed by atoms with E-state index in [1.807, 2.05) is 11.3 Å². The molecule has 0 saturated heterocycles. The standard InChI is InChI=1S/C40H26N2S/c1-2-9-27(10-3-1)42-37-13-7-6-12-30(37)33-20-25(16-19-38(33)42)26-15-17-29-32-22-34-31-18-14-24-8-4-5-11-28(24)40(31)43-39(34)23-36(32)41-35(29)21-26/h1-23,32,36,41H. The van der Waals surface area contributed by atoms with Crippen LogP contribution in [0.1, 0.15) is 11.5 Å². The molecular weight excluding hydrogens is 541 g/mol. The van der Waals surface area contributed by atoms with Gasteiger partial charge in [0.1, 0.15) is 0 Å². The second kappa shape index (κ2) is 8.70. The number of anilines is 1. The summed E-state index contributed by atoms with van der Waals surface area (Å²) in [4.78, 5) is 0. The van der Waals surface area contributed by atoms with Crippen LogP contribution < -0.4 is 15.1 Å². The number of fused-ring (bicyclic) bond motifs is 11. The highest BCUT2D eigenvalue weighted by Crippen LogP contribution is 2.42. The minimum absolute atomic E-state index is 0.281. The van der Waals surface area contributed by atoms with Crippen LogP contribution in [0.4, 0.5) is 5.69 Å². The van der Waals surface area contributed by atoms with Gasteiger partial charge in [0, 0.05) is 42.7 Å². The molecule has 1 aliphatic heterocycles. The SMILES string of the molecule is C1=c2sc3c(ccc4ccccc43)c2=CC2c3ccc(-c4ccc5c(c4)c4ccccc4n5-c4ccccc4)cc3NC12. The molecule has 43 heavy (non-hydrogen) atoms. The molecule has 2 nitrogen and oxygen atoms in total. The number of thiophene rings is 1. The molecule has 202 valence electrons. The van der Waals surface area contributed by atoms with Crippen molar-refractivity contribution in [3.05, 3.63) is 143 Å². The predicted molar refractivity (Wildman–Crippen MR) is 184 cm³/mol. The number of para-hydroxylation sites is 2. The molecule has 10 rings (SSSR count). The van der Waals surface area contributed by atoms with Crippen molar-refractivity contribution in [2.75, 3.05) is 5.32 Å². The lowest BCUT2D eigenvalue weighted by Crippen LogP contribution is -2.31. The highest BCUT2D eigenvalue weighted by molar-refractivity contribution is 7.18. The Hall–Kier alpha value is -5.12. The van der Waals surface area contributed by atoms with Gasteiger partial charge in [-0.1, -0.05) is 97.1 Å². The van der Waals surface area contributed by atoms with Gasteiger partial charge >= 0.3 is 0 Å². The molecule has 0 fully saturated rings. The zero-order chi connectivity index (χ0) is 28.1. The van der Waals surface area contributed by atoms with Gasteiger partial charge in [-0.3, -0.25) is 0 Å². The fraction of sp³-hybridized carbons (Fsp3) is 0.0500. The van der Waals surface area contributed by atoms with E-state index in [1.54, 1.807) is 0 Å². The van der Waals surface area contributed by atoms with Gasteiger partial charge in [0.05, 0.1) is 17.1 Å². The Morgan fingerprint density at radius 2 is 1.35 bits per heavy atom. The van der Waals surface area contributed by atoms with E-state index in [0.717, 1.165) is 0 Å². The van der Waals surface area contributed by atoms with Gasteiger partial charge < -0.3 is 9.88 Å². The topological polar surface area (TPSA) is 17.0 Å². The van der Waals surface area contributed by atoms with E-state index in [-0.39, 0.29) is 6.04 Å². The summed E-state index contributed by atoms with van der Waals surface area (Å²) < 4.78 is 5.16. The quantitative estimate of drug-likeness (QED) is 0.221. The van der Waals surface area contributed by atoms with Crippen LogP contribution in [-0.4, -0.2) is 10.6 Å². The summed E-state index contributed by atoms with van der Waals surface area (Å²) in [6, 6.07) is 46.9. The monoisotopic (exact) mass is 566 g/mol. The normalized spacial score (nSPS) is 16.9. The summed E-state index contributed by atoms with van der Waals surface area (Å²) in [5.41, 5.74) is 8.78. The van der Waals surface area contributed by atoms with Gasteiger partial charge in [-0.05, 0) is 75.2 Å². The van der Waals surface area contributed by atoms with Crippen LogP contribution in [-0.2, 0) is 0 Å². The first-order chi connectivity index (χ1) is 21.3. The van der Waals surface area contributed by atoms with Gasteiger partial charge in [-0.2, -0.15) is 0 Å². The predicted octanol–water partition coefficient (Wildman–Crippen LogP) is 8.97. The maximum atomic E-state index is 3.88. The van der Waals surface area contributed by atoms with E-state index in [0.29, 0.717) is 5.92 Å². The molecule has 2 aromatic heterocycles. The summed E-state index contributed by atoms with van der Waals surface area (Å²) in [5.74, 6) is 0.340. The first-order valence-corrected chi connectivity index (χ1v) is 15.8. The van der Waals surface area contributed by atoms with Crippen LogP contribution in [0, 0.1) is 0 Å². The third-order valence-electron chi connectivity index (χ3n) is 9.47. The zero-order valence-corrected chi connectivity index (χ0v) is 24.1. The van der Waals surface area contributed by atoms with E-state index in [9.17, 15) is 0 Å². The third kappa shape index (κ3) is 3.34. The van der Waals surface area contributed by atoms with Crippen molar-refractivity contribution in [1.82, 2.24) is 4.57 Å². The van der Waals surface area contributed by atoms with Crippen molar-refractivity contribution in [3.63, 3.8) is 0 Å². The Morgan fingerprint density at radius 1 is 0.581 bits per heavy atom. The summed E-state index contributed by atoms with van der Waals surface area (Å²) in [6.07, 6.45) is 4.97. The summed E-state index contributed by atoms with van der Waals surface area (Å²) in [5, 5.41) is 11.9. The molecule has 0 radical (unpaired) electrons. The van der Waals surface area contributed by atoms with Crippen LogP contribution >= 0.6 is 11.3 Å². The van der Waals surface area contributed by atoms with Crippen LogP contribution in [0.15, 0.2) is 127 Å². The molecule has 2 unspecified atom stereocenters. The molecule has 1 aliphatic carbocycles. The van der Waals surface area contributed by atoms with Gasteiger partial charge in [-0.15, -0.1) is 11.3 Å². The number of nitrogens with one attached hydrogen (secondary N) is 1. The lowest BCUT2D eigenvalue weighted by atomic mass is 9.89. The number of aromatic nitrogens is 1. The molecule has 6 aromatic carbocycles. The molecule has 2 atom stereocenters. The fourth-order valence-corrected chi connectivity index (χ4v) is 8.77. The molecule has 0 amide bonds. The average Bonchev–Trinajstić information content (AvgIpc) is 3.72. The van der Waals surface area contributed by atoms with Crippen molar-refractivity contribution in [2.24, 2.45) is 0 Å². The highest BCUT2D eigenvalue weighted by Gasteiger charge is 2.31. The van der Waals surface area contributed by atoms with Gasteiger partial charge in [0.2, 0.25) is 0 Å². The first-order valence-electron chi connectivity index (χ1n) is 14.9. The van der Waals surface area contributed by atoms with Crippen molar-refractivity contribution in [1.29, 1.82) is 0 Å². The van der Waals surface area contributed by atoms with E-state index < -0.39 is 0 Å². The second-order valence-corrected chi connectivity index (χ2v) is 12.8. The van der Waals surface area contributed by atoms with E-state index in [2.05, 4.69) is 149 Å². The highest BCUT2D eigenvalue weighted by atomic mass is 32.1. The maximum absolute atomic E-state index is 3.88. The minimum atomic E-state index is 0.281. The molecule has 0 bridgehead atoms. The Morgan fingerprint density at radius 3 is 2.28 bits per heavy atom. The Kier molecular flexibility index (Phi) is 4.74. The number of hydrogen-bond donors (Lipinski definition) is 1. The van der Waals surface area contributed by atoms with Gasteiger partial charge in [-0.25, -0.2) is 0 Å². The van der Waals surface area contributed by atoms with Crippen LogP contribution in [0.3, 0.4) is 0 Å². The molecule has 8 aromatic rings. The van der Waals surface area contributed by atoms with E-state index >= 15 is 0 Å². The van der Waals surface area contributed by atoms with Gasteiger partial charge in [0.15, 0.2) is 0 Å². The summed E-state index contributed by atoms with van der Waals surface area (Å²) >= 11 is 1.93. The van der Waals surface area contributed by atoms with Crippen LogP contribution in [0.5, 0.6) is 0 Å². The second-order valence-electron chi connectivity index (χ2n) is 11.8. The number of nitrogens with zero attached hydrogens (tertiary/aromatic N) is 1. The Balaban J connectivity index is 1.08. The van der Waals surface area contributed by atoms with Crippen LogP contribution in [0.25, 0.3) is 71.6 Å². The maximum Gasteiger partial charge on any atom is 0.0565 e. The average molecular weight is 567 g/mol. The van der Waals surface area contributed by atoms with E-state index in [4.69, 9.17) is 0 Å². The Bertz CT molecular complexity index is 2550. The molecule has 3 heterocycles. The van der Waals surface area contributed by atoms with Crippen LogP contribution in [0.2, 0.25) is 0 Å². The largest absolute Gasteiger partial charge is 0.378 e. The molecule has 3 heteroatoms. The Labute approximate surface area is 252 Å². The van der Waals surface area contributed by atoms with Crippen molar-refractivity contribution in [2.45, 2.75) is 12.0 Å². The number of rotatable bonds is 2. The smallest absolute Gasteiger partial charge is 0.0565 e. The molecule has 0 saturated carbocycles. The van der Waals surface area contributed by atoms with Gasteiger partial charge in [0.25, 0.3) is 0 Å². The summed E-state index contributed by atoms with van der Waals surface area (Å²) in [6.45, 7) is 0. The van der Waals surface area contributed by atoms with Crippen molar-refractivity contribution in [3.8, 4) is 16.8 Å².